The third-order valence-electron chi connectivity index (χ3n) is 2.45. The van der Waals surface area contributed by atoms with E-state index >= 15 is 0 Å². The van der Waals surface area contributed by atoms with Crippen LogP contribution in [0.3, 0.4) is 0 Å². The van der Waals surface area contributed by atoms with Crippen LogP contribution in [0.1, 0.15) is 11.1 Å². The highest BCUT2D eigenvalue weighted by molar-refractivity contribution is 7.71. The highest BCUT2D eigenvalue weighted by Crippen LogP contribution is 2.27. The second kappa shape index (κ2) is 4.33. The first-order valence-electron chi connectivity index (χ1n) is 5.01. The minimum atomic E-state index is -0.621. The third-order valence-corrected chi connectivity index (χ3v) is 2.66. The van der Waals surface area contributed by atoms with E-state index in [1.54, 1.807) is 19.9 Å². The standard InChI is InChI=1S/C12H10F2N2S/c1-6-3-7(2)10(8(13)4-6)11-9(14)5-15-12(17)16-11/h3-5H,1-2H3,(H,15,16,17). The summed E-state index contributed by atoms with van der Waals surface area (Å²) in [5, 5.41) is 0. The van der Waals surface area contributed by atoms with Crippen LogP contribution in [0, 0.1) is 30.3 Å². The van der Waals surface area contributed by atoms with Crippen LogP contribution in [0.25, 0.3) is 11.3 Å². The van der Waals surface area contributed by atoms with Gasteiger partial charge in [0.25, 0.3) is 0 Å². The molecule has 0 fully saturated rings. The van der Waals surface area contributed by atoms with Crippen LogP contribution in [-0.4, -0.2) is 9.97 Å². The zero-order valence-electron chi connectivity index (χ0n) is 9.34. The lowest BCUT2D eigenvalue weighted by molar-refractivity contribution is 0.604. The smallest absolute Gasteiger partial charge is 0.197 e. The summed E-state index contributed by atoms with van der Waals surface area (Å²) in [4.78, 5) is 6.19. The lowest BCUT2D eigenvalue weighted by Gasteiger charge is -2.09. The Kier molecular flexibility index (Phi) is 3.02. The van der Waals surface area contributed by atoms with Gasteiger partial charge < -0.3 is 4.98 Å². The van der Waals surface area contributed by atoms with E-state index in [1.165, 1.54) is 6.07 Å². The Bertz CT molecular complexity index is 612. The molecule has 0 saturated carbocycles. The van der Waals surface area contributed by atoms with Gasteiger partial charge in [0.2, 0.25) is 0 Å². The Balaban J connectivity index is 2.77. The molecule has 0 saturated heterocycles. The van der Waals surface area contributed by atoms with E-state index in [9.17, 15) is 8.78 Å². The van der Waals surface area contributed by atoms with Gasteiger partial charge in [0, 0.05) is 5.56 Å². The lowest BCUT2D eigenvalue weighted by Crippen LogP contribution is -1.98. The molecule has 0 atom stereocenters. The average molecular weight is 252 g/mol. The molecule has 0 aliphatic rings. The van der Waals surface area contributed by atoms with Gasteiger partial charge in [0.15, 0.2) is 10.6 Å². The predicted octanol–water partition coefficient (Wildman–Crippen LogP) is 3.70. The van der Waals surface area contributed by atoms with E-state index in [0.29, 0.717) is 5.56 Å². The van der Waals surface area contributed by atoms with Gasteiger partial charge in [0.1, 0.15) is 5.82 Å². The van der Waals surface area contributed by atoms with E-state index < -0.39 is 11.6 Å². The van der Waals surface area contributed by atoms with E-state index in [4.69, 9.17) is 12.2 Å². The second-order valence-electron chi connectivity index (χ2n) is 3.85. The molecule has 2 nitrogen and oxygen atoms in total. The van der Waals surface area contributed by atoms with Crippen molar-refractivity contribution in [2.45, 2.75) is 13.8 Å². The van der Waals surface area contributed by atoms with Crippen LogP contribution >= 0.6 is 12.2 Å². The minimum Gasteiger partial charge on any atom is -0.328 e. The molecule has 0 amide bonds. The van der Waals surface area contributed by atoms with Crippen LogP contribution in [0.2, 0.25) is 0 Å². The molecule has 17 heavy (non-hydrogen) atoms. The van der Waals surface area contributed by atoms with Crippen molar-refractivity contribution in [1.82, 2.24) is 9.97 Å². The van der Waals surface area contributed by atoms with Gasteiger partial charge >= 0.3 is 0 Å². The maximum absolute atomic E-state index is 13.9. The van der Waals surface area contributed by atoms with Crippen molar-refractivity contribution < 1.29 is 8.78 Å². The summed E-state index contributed by atoms with van der Waals surface area (Å²) in [6, 6.07) is 3.15. The zero-order valence-corrected chi connectivity index (χ0v) is 10.2. The summed E-state index contributed by atoms with van der Waals surface area (Å²) in [7, 11) is 0. The largest absolute Gasteiger partial charge is 0.328 e. The topological polar surface area (TPSA) is 28.7 Å². The van der Waals surface area contributed by atoms with E-state index in [0.717, 1.165) is 11.8 Å². The molecule has 0 spiro atoms. The molecule has 2 rings (SSSR count). The van der Waals surface area contributed by atoms with Crippen LogP contribution < -0.4 is 0 Å². The molecule has 0 aliphatic heterocycles. The Morgan fingerprint density at radius 2 is 1.88 bits per heavy atom. The van der Waals surface area contributed by atoms with Crippen molar-refractivity contribution in [3.05, 3.63) is 45.9 Å². The molecular formula is C12H10F2N2S. The number of halogens is 2. The fourth-order valence-corrected chi connectivity index (χ4v) is 1.95. The molecular weight excluding hydrogens is 242 g/mol. The Labute approximate surface area is 102 Å². The average Bonchev–Trinajstić information content (AvgIpc) is 2.21. The number of aromatic nitrogens is 2. The Morgan fingerprint density at radius 3 is 2.53 bits per heavy atom. The van der Waals surface area contributed by atoms with Crippen molar-refractivity contribution in [3.63, 3.8) is 0 Å². The quantitative estimate of drug-likeness (QED) is 0.784. The summed E-state index contributed by atoms with van der Waals surface area (Å²) in [5.41, 5.74) is 1.68. The molecule has 5 heteroatoms. The molecule has 1 N–H and O–H groups in total. The number of hydrogen-bond acceptors (Lipinski definition) is 2. The van der Waals surface area contributed by atoms with Crippen LogP contribution in [0.5, 0.6) is 0 Å². The third kappa shape index (κ3) is 2.24. The fraction of sp³-hybridized carbons (Fsp3) is 0.167. The first kappa shape index (κ1) is 11.9. The fourth-order valence-electron chi connectivity index (χ4n) is 1.79. The SMILES string of the molecule is Cc1cc(C)c(-c2[nH]c(=S)ncc2F)c(F)c1. The normalized spacial score (nSPS) is 10.6. The summed E-state index contributed by atoms with van der Waals surface area (Å²) >= 11 is 4.82. The molecule has 0 radical (unpaired) electrons. The van der Waals surface area contributed by atoms with Crippen molar-refractivity contribution in [2.75, 3.05) is 0 Å². The van der Waals surface area contributed by atoms with Crippen LogP contribution in [0.15, 0.2) is 18.3 Å². The number of aryl methyl sites for hydroxylation is 2. The van der Waals surface area contributed by atoms with Gasteiger partial charge in [-0.25, -0.2) is 13.8 Å². The summed E-state index contributed by atoms with van der Waals surface area (Å²) in [5.74, 6) is -1.09. The first-order chi connectivity index (χ1) is 7.99. The molecule has 0 bridgehead atoms. The van der Waals surface area contributed by atoms with E-state index in [1.807, 2.05) is 0 Å². The number of rotatable bonds is 1. The molecule has 2 aromatic rings. The number of nitrogens with zero attached hydrogens (tertiary/aromatic N) is 1. The Hall–Kier alpha value is -1.62. The molecule has 88 valence electrons. The van der Waals surface area contributed by atoms with E-state index in [2.05, 4.69) is 9.97 Å². The maximum atomic E-state index is 13.9. The zero-order chi connectivity index (χ0) is 12.6. The summed E-state index contributed by atoms with van der Waals surface area (Å²) < 4.78 is 27.6. The number of aromatic amines is 1. The van der Waals surface area contributed by atoms with Gasteiger partial charge in [-0.1, -0.05) is 6.07 Å². The molecule has 0 unspecified atom stereocenters. The van der Waals surface area contributed by atoms with Crippen molar-refractivity contribution in [3.8, 4) is 11.3 Å². The van der Waals surface area contributed by atoms with E-state index in [-0.39, 0.29) is 16.0 Å². The number of H-pyrrole nitrogens is 1. The predicted molar refractivity (Wildman–Crippen MR) is 64.2 cm³/mol. The van der Waals surface area contributed by atoms with Gasteiger partial charge in [-0.15, -0.1) is 0 Å². The van der Waals surface area contributed by atoms with Gasteiger partial charge in [0.05, 0.1) is 11.9 Å². The van der Waals surface area contributed by atoms with Crippen molar-refractivity contribution in [2.24, 2.45) is 0 Å². The monoisotopic (exact) mass is 252 g/mol. The minimum absolute atomic E-state index is 0.0417. The second-order valence-corrected chi connectivity index (χ2v) is 4.24. The molecule has 1 heterocycles. The van der Waals surface area contributed by atoms with Gasteiger partial charge in [-0.3, -0.25) is 0 Å². The van der Waals surface area contributed by atoms with Crippen LogP contribution in [-0.2, 0) is 0 Å². The number of benzene rings is 1. The number of hydrogen-bond donors (Lipinski definition) is 1. The van der Waals surface area contributed by atoms with Crippen molar-refractivity contribution in [1.29, 1.82) is 0 Å². The molecule has 1 aromatic carbocycles. The van der Waals surface area contributed by atoms with Crippen LogP contribution in [0.4, 0.5) is 8.78 Å². The summed E-state index contributed by atoms with van der Waals surface area (Å²) in [6.45, 7) is 3.51. The lowest BCUT2D eigenvalue weighted by atomic mass is 10.0. The first-order valence-corrected chi connectivity index (χ1v) is 5.42. The number of nitrogens with one attached hydrogen (secondary N) is 1. The highest BCUT2D eigenvalue weighted by Gasteiger charge is 2.14. The van der Waals surface area contributed by atoms with Gasteiger partial charge in [-0.2, -0.15) is 0 Å². The maximum Gasteiger partial charge on any atom is 0.197 e. The molecule has 1 aromatic heterocycles. The Morgan fingerprint density at radius 1 is 1.18 bits per heavy atom. The van der Waals surface area contributed by atoms with Gasteiger partial charge in [-0.05, 0) is 43.3 Å². The summed E-state index contributed by atoms with van der Waals surface area (Å²) in [6.07, 6.45) is 0.993. The van der Waals surface area contributed by atoms with Crippen molar-refractivity contribution >= 4 is 12.2 Å². The highest BCUT2D eigenvalue weighted by atomic mass is 32.1. The molecule has 0 aliphatic carbocycles.